The van der Waals surface area contributed by atoms with E-state index in [4.69, 9.17) is 14.2 Å². The second-order valence-corrected chi connectivity index (χ2v) is 6.16. The molecule has 2 rings (SSSR count). The van der Waals surface area contributed by atoms with Gasteiger partial charge >= 0.3 is 17.7 Å². The van der Waals surface area contributed by atoms with Crippen molar-refractivity contribution in [1.82, 2.24) is 10.6 Å². The molecule has 0 saturated carbocycles. The molecule has 1 unspecified atom stereocenters. The van der Waals surface area contributed by atoms with E-state index in [1.807, 2.05) is 6.92 Å². The molecule has 10 heteroatoms. The van der Waals surface area contributed by atoms with Gasteiger partial charge in [-0.25, -0.2) is 9.59 Å². The molecule has 1 aromatic carbocycles. The summed E-state index contributed by atoms with van der Waals surface area (Å²) in [5.74, 6) is -0.478. The molecule has 1 atom stereocenters. The zero-order valence-electron chi connectivity index (χ0n) is 16.9. The Labute approximate surface area is 168 Å². The van der Waals surface area contributed by atoms with Crippen LogP contribution in [0.2, 0.25) is 0 Å². The van der Waals surface area contributed by atoms with Gasteiger partial charge in [-0.1, -0.05) is 13.3 Å². The van der Waals surface area contributed by atoms with Crippen molar-refractivity contribution < 1.29 is 28.7 Å². The molecular formula is C19H25N3O7. The number of nitro groups is 1. The van der Waals surface area contributed by atoms with Crippen LogP contribution in [0.4, 0.5) is 10.5 Å². The summed E-state index contributed by atoms with van der Waals surface area (Å²) in [5.41, 5.74) is 0.603. The van der Waals surface area contributed by atoms with E-state index in [0.717, 1.165) is 0 Å². The molecule has 0 spiro atoms. The van der Waals surface area contributed by atoms with E-state index >= 15 is 0 Å². The van der Waals surface area contributed by atoms with Gasteiger partial charge in [0.1, 0.15) is 0 Å². The number of nitrogens with one attached hydrogen (secondary N) is 2. The number of benzene rings is 1. The first kappa shape index (κ1) is 22.0. The lowest BCUT2D eigenvalue weighted by molar-refractivity contribution is -0.386. The molecule has 158 valence electrons. The SMILES string of the molecule is CCCC1=C(C(=O)OC)C(c2cc(OCC)c(OCC)c([N+](=O)[O-])c2)NC(=O)N1. The highest BCUT2D eigenvalue weighted by Crippen LogP contribution is 2.42. The number of ether oxygens (including phenoxy) is 3. The molecule has 1 heterocycles. The third kappa shape index (κ3) is 4.76. The Morgan fingerprint density at radius 1 is 1.21 bits per heavy atom. The van der Waals surface area contributed by atoms with Gasteiger partial charge in [-0.05, 0) is 31.9 Å². The van der Waals surface area contributed by atoms with Crippen molar-refractivity contribution in [2.75, 3.05) is 20.3 Å². The Morgan fingerprint density at radius 3 is 2.45 bits per heavy atom. The molecule has 1 aromatic rings. The van der Waals surface area contributed by atoms with Crippen molar-refractivity contribution >= 4 is 17.7 Å². The van der Waals surface area contributed by atoms with Crippen molar-refractivity contribution in [2.45, 2.75) is 39.7 Å². The predicted molar refractivity (Wildman–Crippen MR) is 104 cm³/mol. The van der Waals surface area contributed by atoms with Gasteiger partial charge in [0, 0.05) is 11.8 Å². The number of rotatable bonds is 9. The Balaban J connectivity index is 2.71. The molecule has 2 N–H and O–H groups in total. The van der Waals surface area contributed by atoms with E-state index in [0.29, 0.717) is 24.1 Å². The predicted octanol–water partition coefficient (Wildman–Crippen LogP) is 2.97. The minimum Gasteiger partial charge on any atom is -0.490 e. The Bertz CT molecular complexity index is 835. The maximum absolute atomic E-state index is 12.5. The third-order valence-corrected chi connectivity index (χ3v) is 4.24. The van der Waals surface area contributed by atoms with Gasteiger partial charge in [0.05, 0.1) is 36.9 Å². The van der Waals surface area contributed by atoms with E-state index in [2.05, 4.69) is 10.6 Å². The van der Waals surface area contributed by atoms with Crippen molar-refractivity contribution in [3.8, 4) is 11.5 Å². The zero-order chi connectivity index (χ0) is 21.6. The molecule has 0 bridgehead atoms. The van der Waals surface area contributed by atoms with Crippen molar-refractivity contribution in [3.63, 3.8) is 0 Å². The number of nitrogens with zero attached hydrogens (tertiary/aromatic N) is 1. The van der Waals surface area contributed by atoms with Gasteiger partial charge in [-0.2, -0.15) is 0 Å². The van der Waals surface area contributed by atoms with Gasteiger partial charge in [-0.15, -0.1) is 0 Å². The minimum absolute atomic E-state index is 0.000685. The van der Waals surface area contributed by atoms with Crippen LogP contribution in [0.1, 0.15) is 45.2 Å². The highest BCUT2D eigenvalue weighted by Gasteiger charge is 2.35. The normalized spacial score (nSPS) is 16.0. The highest BCUT2D eigenvalue weighted by molar-refractivity contribution is 5.95. The van der Waals surface area contributed by atoms with Crippen LogP contribution in [0.15, 0.2) is 23.4 Å². The molecule has 1 aliphatic heterocycles. The summed E-state index contributed by atoms with van der Waals surface area (Å²) in [4.78, 5) is 35.7. The highest BCUT2D eigenvalue weighted by atomic mass is 16.6. The summed E-state index contributed by atoms with van der Waals surface area (Å²) in [6, 6.07) is 1.35. The second-order valence-electron chi connectivity index (χ2n) is 6.16. The average molecular weight is 407 g/mol. The van der Waals surface area contributed by atoms with Crippen LogP contribution in [-0.2, 0) is 9.53 Å². The second kappa shape index (κ2) is 9.76. The fraction of sp³-hybridized carbons (Fsp3) is 0.474. The molecule has 0 radical (unpaired) electrons. The molecule has 0 saturated heterocycles. The van der Waals surface area contributed by atoms with E-state index in [9.17, 15) is 19.7 Å². The molecule has 29 heavy (non-hydrogen) atoms. The molecule has 0 fully saturated rings. The first-order valence-corrected chi connectivity index (χ1v) is 9.34. The van der Waals surface area contributed by atoms with Crippen LogP contribution in [0.5, 0.6) is 11.5 Å². The van der Waals surface area contributed by atoms with Gasteiger partial charge in [0.15, 0.2) is 5.75 Å². The molecule has 0 aliphatic carbocycles. The minimum atomic E-state index is -0.939. The molecule has 0 aromatic heterocycles. The maximum atomic E-state index is 12.5. The van der Waals surface area contributed by atoms with E-state index in [-0.39, 0.29) is 36.0 Å². The van der Waals surface area contributed by atoms with E-state index in [1.54, 1.807) is 13.8 Å². The lowest BCUT2D eigenvalue weighted by Crippen LogP contribution is -2.45. The first-order valence-electron chi connectivity index (χ1n) is 9.34. The van der Waals surface area contributed by atoms with E-state index in [1.165, 1.54) is 19.2 Å². The van der Waals surface area contributed by atoms with Crippen molar-refractivity contribution in [1.29, 1.82) is 0 Å². The largest absolute Gasteiger partial charge is 0.490 e. The molecule has 1 aliphatic rings. The summed E-state index contributed by atoms with van der Waals surface area (Å²) in [6.07, 6.45) is 1.11. The van der Waals surface area contributed by atoms with Crippen LogP contribution in [0.25, 0.3) is 0 Å². The number of carbonyl (C=O) groups excluding carboxylic acids is 2. The number of allylic oxidation sites excluding steroid dienone is 1. The van der Waals surface area contributed by atoms with Gasteiger partial charge in [0.25, 0.3) is 0 Å². The number of hydrogen-bond donors (Lipinski definition) is 2. The zero-order valence-corrected chi connectivity index (χ0v) is 16.9. The number of esters is 1. The Morgan fingerprint density at radius 2 is 1.90 bits per heavy atom. The standard InChI is InChI=1S/C19H25N3O7/c1-5-8-12-15(18(23)27-4)16(21-19(24)20-12)11-9-13(22(25)26)17(29-7-3)14(10-11)28-6-2/h9-10,16H,5-8H2,1-4H3,(H2,20,21,24). The topological polar surface area (TPSA) is 129 Å². The van der Waals surface area contributed by atoms with Crippen molar-refractivity contribution in [2.24, 2.45) is 0 Å². The Kier molecular flexibility index (Phi) is 7.40. The van der Waals surface area contributed by atoms with Gasteiger partial charge in [0.2, 0.25) is 5.75 Å². The van der Waals surface area contributed by atoms with Crippen LogP contribution in [0.3, 0.4) is 0 Å². The summed E-state index contributed by atoms with van der Waals surface area (Å²) >= 11 is 0. The monoisotopic (exact) mass is 407 g/mol. The fourth-order valence-electron chi connectivity index (χ4n) is 3.13. The van der Waals surface area contributed by atoms with Crippen LogP contribution in [0, 0.1) is 10.1 Å². The molecule has 2 amide bonds. The van der Waals surface area contributed by atoms with E-state index < -0.39 is 23.0 Å². The number of urea groups is 1. The average Bonchev–Trinajstić information content (AvgIpc) is 2.68. The summed E-state index contributed by atoms with van der Waals surface area (Å²) < 4.78 is 15.9. The third-order valence-electron chi connectivity index (χ3n) is 4.24. The van der Waals surface area contributed by atoms with Crippen LogP contribution >= 0.6 is 0 Å². The molecular weight excluding hydrogens is 382 g/mol. The lowest BCUT2D eigenvalue weighted by atomic mass is 9.93. The summed E-state index contributed by atoms with van der Waals surface area (Å²) in [6.45, 7) is 5.80. The fourth-order valence-corrected chi connectivity index (χ4v) is 3.13. The number of carbonyl (C=O) groups is 2. The number of amides is 2. The van der Waals surface area contributed by atoms with Gasteiger partial charge in [-0.3, -0.25) is 10.1 Å². The maximum Gasteiger partial charge on any atom is 0.337 e. The summed E-state index contributed by atoms with van der Waals surface area (Å²) in [7, 11) is 1.23. The number of hydrogen-bond acceptors (Lipinski definition) is 7. The lowest BCUT2D eigenvalue weighted by Gasteiger charge is -2.29. The molecule has 10 nitrogen and oxygen atoms in total. The first-order chi connectivity index (χ1) is 13.9. The van der Waals surface area contributed by atoms with Crippen LogP contribution in [-0.4, -0.2) is 37.2 Å². The smallest absolute Gasteiger partial charge is 0.337 e. The summed E-state index contributed by atoms with van der Waals surface area (Å²) in [5, 5.41) is 16.9. The van der Waals surface area contributed by atoms with Crippen LogP contribution < -0.4 is 20.1 Å². The number of nitro benzene ring substituents is 1. The van der Waals surface area contributed by atoms with Crippen molar-refractivity contribution in [3.05, 3.63) is 39.1 Å². The number of methoxy groups -OCH3 is 1. The quantitative estimate of drug-likeness (QED) is 0.366. The Hall–Kier alpha value is -3.30. The van der Waals surface area contributed by atoms with Gasteiger partial charge < -0.3 is 24.8 Å².